The number of carbonyl (C=O) groups is 1. The molecule has 0 aromatic heterocycles. The van der Waals surface area contributed by atoms with E-state index in [1.165, 1.54) is 4.90 Å². The maximum atomic E-state index is 12.6. The fraction of sp³-hybridized carbons (Fsp3) is 0.238. The van der Waals surface area contributed by atoms with E-state index in [2.05, 4.69) is 9.24 Å². The maximum Gasteiger partial charge on any atom is 0.257 e. The lowest BCUT2D eigenvalue weighted by atomic mass is 10.1. The number of carbonyl (C=O) groups excluding carboxylic acids is 1. The van der Waals surface area contributed by atoms with Crippen LogP contribution in [0.25, 0.3) is 5.70 Å². The van der Waals surface area contributed by atoms with Gasteiger partial charge in [-0.1, -0.05) is 60.1 Å². The highest BCUT2D eigenvalue weighted by Gasteiger charge is 2.40. The van der Waals surface area contributed by atoms with Crippen molar-refractivity contribution in [3.05, 3.63) is 76.8 Å². The number of likely N-dealkylation sites (tertiary alicyclic amines) is 1. The van der Waals surface area contributed by atoms with Crippen LogP contribution >= 0.6 is 20.8 Å². The maximum absolute atomic E-state index is 12.6. The highest BCUT2D eigenvalue weighted by Crippen LogP contribution is 2.33. The highest BCUT2D eigenvalue weighted by atomic mass is 35.5. The van der Waals surface area contributed by atoms with E-state index in [1.807, 2.05) is 43.3 Å². The van der Waals surface area contributed by atoms with Crippen LogP contribution in [0, 0.1) is 5.41 Å². The van der Waals surface area contributed by atoms with Gasteiger partial charge in [0.2, 0.25) is 0 Å². The van der Waals surface area contributed by atoms with Crippen LogP contribution in [0.5, 0.6) is 0 Å². The van der Waals surface area contributed by atoms with Gasteiger partial charge in [0, 0.05) is 23.7 Å². The Labute approximate surface area is 172 Å². The smallest absolute Gasteiger partial charge is 0.257 e. The number of benzene rings is 2. The van der Waals surface area contributed by atoms with E-state index in [4.69, 9.17) is 22.7 Å². The van der Waals surface area contributed by atoms with Gasteiger partial charge in [0.1, 0.15) is 0 Å². The highest BCUT2D eigenvalue weighted by molar-refractivity contribution is 7.18. The average Bonchev–Trinajstić information content (AvgIpc) is 2.97. The van der Waals surface area contributed by atoms with Crippen molar-refractivity contribution in [3.63, 3.8) is 0 Å². The molecule has 3 atom stereocenters. The Morgan fingerprint density at radius 2 is 1.75 bits per heavy atom. The van der Waals surface area contributed by atoms with E-state index in [1.54, 1.807) is 24.3 Å². The number of β-amino-alcohol motifs (C(OH)–C–C–N with tert-alkyl or cyclic N) is 1. The van der Waals surface area contributed by atoms with E-state index in [9.17, 15) is 9.90 Å². The van der Waals surface area contributed by atoms with Gasteiger partial charge in [-0.05, 0) is 24.6 Å². The van der Waals surface area contributed by atoms with E-state index in [-0.39, 0.29) is 29.8 Å². The molecule has 1 saturated heterocycles. The van der Waals surface area contributed by atoms with Gasteiger partial charge >= 0.3 is 0 Å². The zero-order valence-corrected chi connectivity index (χ0v) is 17.6. The zero-order chi connectivity index (χ0) is 20.7. The minimum atomic E-state index is -0.989. The van der Waals surface area contributed by atoms with Gasteiger partial charge in [-0.3, -0.25) is 4.79 Å². The monoisotopic (exact) mass is 417 g/mol. The summed E-state index contributed by atoms with van der Waals surface area (Å²) in [6, 6.07) is 18.6. The molecule has 0 spiro atoms. The summed E-state index contributed by atoms with van der Waals surface area (Å²) in [6.45, 7) is 2.06. The van der Waals surface area contributed by atoms with Crippen LogP contribution in [0.15, 0.2) is 66.2 Å². The summed E-state index contributed by atoms with van der Waals surface area (Å²) >= 11 is 5.84. The molecule has 3 unspecified atom stereocenters. The SMILES string of the molecule is CC1CC(O)(P)CN1C(=O)/C(C=N)=C(/N)c1ccc(Cl)cc1.c1ccccc1. The summed E-state index contributed by atoms with van der Waals surface area (Å²) in [6.07, 6.45) is 1.43. The topological polar surface area (TPSA) is 90.4 Å². The van der Waals surface area contributed by atoms with Crippen molar-refractivity contribution < 1.29 is 9.90 Å². The lowest BCUT2D eigenvalue weighted by Crippen LogP contribution is -2.37. The number of aliphatic hydroxyl groups is 1. The van der Waals surface area contributed by atoms with Crippen LogP contribution in [0.2, 0.25) is 5.02 Å². The summed E-state index contributed by atoms with van der Waals surface area (Å²) in [5, 5.41) is 17.2. The number of nitrogens with two attached hydrogens (primary N) is 1. The zero-order valence-electron chi connectivity index (χ0n) is 15.7. The quantitative estimate of drug-likeness (QED) is 0.405. The third-order valence-corrected chi connectivity index (χ3v) is 5.04. The standard InChI is InChI=1S/C15H19ClN3O2P.C6H6/c1-9-6-15(21,22)8-19(9)14(20)12(7-17)13(18)10-2-4-11(16)5-3-10;1-2-4-6-5-3-1/h2-5,7,9,17,21H,6,8,18,22H2,1H3;1-6H/b13-12+,17-7?;. The molecule has 1 aliphatic rings. The molecule has 0 aliphatic carbocycles. The molecule has 148 valence electrons. The molecule has 4 N–H and O–H groups in total. The lowest BCUT2D eigenvalue weighted by molar-refractivity contribution is -0.127. The van der Waals surface area contributed by atoms with Gasteiger partial charge in [0.05, 0.1) is 23.2 Å². The summed E-state index contributed by atoms with van der Waals surface area (Å²) < 4.78 is 0. The molecule has 2 aromatic rings. The van der Waals surface area contributed by atoms with Gasteiger partial charge in [0.15, 0.2) is 0 Å². The molecular formula is C21H25ClN3O2P. The predicted molar refractivity (Wildman–Crippen MR) is 118 cm³/mol. The molecule has 5 nitrogen and oxygen atoms in total. The number of hydrogen-bond donors (Lipinski definition) is 3. The molecule has 1 aliphatic heterocycles. The number of hydrogen-bond acceptors (Lipinski definition) is 4. The Hall–Kier alpha value is -2.20. The minimum absolute atomic E-state index is 0.108. The first kappa shape index (κ1) is 22.1. The van der Waals surface area contributed by atoms with Crippen LogP contribution in [0.3, 0.4) is 0 Å². The molecule has 1 fully saturated rings. The Bertz CT molecular complexity index is 812. The van der Waals surface area contributed by atoms with Gasteiger partial charge in [-0.2, -0.15) is 0 Å². The molecule has 2 aromatic carbocycles. The largest absolute Gasteiger partial charge is 0.398 e. The van der Waals surface area contributed by atoms with Gasteiger partial charge in [-0.15, -0.1) is 9.24 Å². The molecule has 1 heterocycles. The van der Waals surface area contributed by atoms with Crippen molar-refractivity contribution in [1.29, 1.82) is 5.41 Å². The van der Waals surface area contributed by atoms with Crippen molar-refractivity contribution in [2.24, 2.45) is 5.73 Å². The van der Waals surface area contributed by atoms with Crippen molar-refractivity contribution in [2.45, 2.75) is 24.7 Å². The molecular weight excluding hydrogens is 393 g/mol. The third kappa shape index (κ3) is 5.90. The molecule has 0 radical (unpaired) electrons. The van der Waals surface area contributed by atoms with Crippen LogP contribution in [0.4, 0.5) is 0 Å². The summed E-state index contributed by atoms with van der Waals surface area (Å²) in [4.78, 5) is 14.2. The summed E-state index contributed by atoms with van der Waals surface area (Å²) in [5.74, 6) is -0.353. The summed E-state index contributed by atoms with van der Waals surface area (Å²) in [5.41, 5.74) is 7.01. The van der Waals surface area contributed by atoms with Crippen molar-refractivity contribution in [2.75, 3.05) is 6.54 Å². The predicted octanol–water partition coefficient (Wildman–Crippen LogP) is 3.53. The molecule has 0 bridgehead atoms. The van der Waals surface area contributed by atoms with Crippen LogP contribution in [-0.4, -0.2) is 40.1 Å². The fourth-order valence-electron chi connectivity index (χ4n) is 2.99. The molecule has 0 saturated carbocycles. The van der Waals surface area contributed by atoms with Crippen molar-refractivity contribution >= 4 is 38.7 Å². The minimum Gasteiger partial charge on any atom is -0.398 e. The lowest BCUT2D eigenvalue weighted by Gasteiger charge is -2.23. The first-order chi connectivity index (χ1) is 13.2. The van der Waals surface area contributed by atoms with Crippen LogP contribution < -0.4 is 5.73 Å². The van der Waals surface area contributed by atoms with Gasteiger partial charge in [0.25, 0.3) is 5.91 Å². The Morgan fingerprint density at radius 3 is 2.14 bits per heavy atom. The van der Waals surface area contributed by atoms with E-state index < -0.39 is 5.34 Å². The Morgan fingerprint density at radius 1 is 1.25 bits per heavy atom. The van der Waals surface area contributed by atoms with Crippen LogP contribution in [0.1, 0.15) is 18.9 Å². The first-order valence-corrected chi connectivity index (χ1v) is 9.79. The fourth-order valence-corrected chi connectivity index (χ4v) is 3.65. The number of nitrogens with zero attached hydrogens (tertiary/aromatic N) is 1. The van der Waals surface area contributed by atoms with Crippen LogP contribution in [-0.2, 0) is 4.79 Å². The van der Waals surface area contributed by atoms with E-state index >= 15 is 0 Å². The number of halogens is 1. The molecule has 7 heteroatoms. The second-order valence-corrected chi connectivity index (χ2v) is 8.23. The van der Waals surface area contributed by atoms with E-state index in [0.717, 1.165) is 6.21 Å². The van der Waals surface area contributed by atoms with Gasteiger partial charge in [-0.25, -0.2) is 0 Å². The molecule has 3 rings (SSSR count). The van der Waals surface area contributed by atoms with Gasteiger partial charge < -0.3 is 21.1 Å². The Balaban J connectivity index is 0.000000397. The number of nitrogens with one attached hydrogen (secondary N) is 1. The molecule has 1 amide bonds. The number of rotatable bonds is 3. The first-order valence-electron chi connectivity index (χ1n) is 8.83. The van der Waals surface area contributed by atoms with Crippen molar-refractivity contribution in [1.82, 2.24) is 4.90 Å². The molecule has 28 heavy (non-hydrogen) atoms. The summed E-state index contributed by atoms with van der Waals surface area (Å²) in [7, 11) is 2.37. The Kier molecular flexibility index (Phi) is 7.76. The second kappa shape index (κ2) is 9.83. The normalized spacial score (nSPS) is 22.0. The third-order valence-electron chi connectivity index (χ3n) is 4.37. The van der Waals surface area contributed by atoms with Crippen molar-refractivity contribution in [3.8, 4) is 0 Å². The number of amides is 1. The second-order valence-electron chi connectivity index (χ2n) is 6.72. The average molecular weight is 418 g/mol. The van der Waals surface area contributed by atoms with E-state index in [0.29, 0.717) is 17.0 Å².